The number of carboxylic acids is 1. The Hall–Kier alpha value is -4.40. The topological polar surface area (TPSA) is 165 Å². The number of carboxylic acid groups (broad SMARTS) is 1. The number of hydrogen-bond donors (Lipinski definition) is 3. The van der Waals surface area contributed by atoms with Gasteiger partial charge in [-0.25, -0.2) is 9.79 Å². The number of nitrogens with zero attached hydrogens (tertiary/aromatic N) is 3. The Morgan fingerprint density at radius 3 is 2.25 bits per heavy atom. The second-order valence-corrected chi connectivity index (χ2v) is 18.3. The van der Waals surface area contributed by atoms with E-state index in [2.05, 4.69) is 24.5 Å². The number of halogens is 1. The number of aromatic carboxylic acids is 1. The van der Waals surface area contributed by atoms with Crippen LogP contribution in [0.2, 0.25) is 0 Å². The first-order chi connectivity index (χ1) is 25.8. The molecule has 11 nitrogen and oxygen atoms in total. The molecule has 2 aromatic rings. The van der Waals surface area contributed by atoms with Crippen molar-refractivity contribution >= 4 is 60.6 Å². The molecule has 3 heterocycles. The van der Waals surface area contributed by atoms with Crippen molar-refractivity contribution in [1.82, 2.24) is 4.90 Å². The third kappa shape index (κ3) is 10.3. The summed E-state index contributed by atoms with van der Waals surface area (Å²) in [4.78, 5) is 18.8. The van der Waals surface area contributed by atoms with E-state index in [1.807, 2.05) is 85.5 Å². The van der Waals surface area contributed by atoms with E-state index < -0.39 is 31.6 Å². The molecule has 0 saturated heterocycles. The molecule has 0 fully saturated rings. The van der Waals surface area contributed by atoms with E-state index in [-0.39, 0.29) is 28.9 Å². The van der Waals surface area contributed by atoms with E-state index in [9.17, 15) is 31.3 Å². The number of aliphatic imine (C=N–C) groups is 1. The van der Waals surface area contributed by atoms with Gasteiger partial charge in [-0.15, -0.1) is 0 Å². The van der Waals surface area contributed by atoms with Gasteiger partial charge in [-0.3, -0.25) is 9.11 Å². The summed E-state index contributed by atoms with van der Waals surface area (Å²) < 4.78 is 65.6. The number of fused-ring (bicyclic) bond motifs is 2. The van der Waals surface area contributed by atoms with Crippen molar-refractivity contribution in [3.63, 3.8) is 0 Å². The number of rotatable bonds is 16. The van der Waals surface area contributed by atoms with Crippen molar-refractivity contribution in [2.24, 2.45) is 10.4 Å². The fraction of sp³-hybridized carbons (Fsp3) is 0.341. The number of hydrogen-bond acceptors (Lipinski definition) is 7. The Bertz CT molecular complexity index is 2330. The second-order valence-electron chi connectivity index (χ2n) is 14.8. The lowest BCUT2D eigenvalue weighted by Gasteiger charge is -2.29. The summed E-state index contributed by atoms with van der Waals surface area (Å²) in [7, 11) is -8.10. The maximum atomic E-state index is 11.9. The van der Waals surface area contributed by atoms with E-state index in [1.165, 1.54) is 0 Å². The number of unbranched alkanes of at least 4 members (excludes halogenated alkanes) is 2. The first kappa shape index (κ1) is 41.8. The van der Waals surface area contributed by atoms with Crippen LogP contribution in [0.15, 0.2) is 119 Å². The van der Waals surface area contributed by atoms with Gasteiger partial charge in [0.1, 0.15) is 12.4 Å². The van der Waals surface area contributed by atoms with E-state index in [0.717, 1.165) is 33.8 Å². The number of allylic oxidation sites excluding steroid dienone is 10. The monoisotopic (exact) mass is 808 g/mol. The summed E-state index contributed by atoms with van der Waals surface area (Å²) in [5.74, 6) is -0.945. The average molecular weight is 809 g/mol. The highest BCUT2D eigenvalue weighted by Crippen LogP contribution is 2.45. The number of amidine groups is 1. The molecule has 0 atom stereocenters. The van der Waals surface area contributed by atoms with Crippen LogP contribution < -0.4 is 0 Å². The number of benzene rings is 2. The van der Waals surface area contributed by atoms with Crippen LogP contribution in [0, 0.1) is 5.41 Å². The van der Waals surface area contributed by atoms with Crippen molar-refractivity contribution in [1.29, 1.82) is 0 Å². The first-order valence-electron chi connectivity index (χ1n) is 18.0. The number of carbonyl (C=O) groups is 1. The molecular weight excluding hydrogens is 762 g/mol. The van der Waals surface area contributed by atoms with Crippen LogP contribution >= 0.6 is 11.6 Å². The summed E-state index contributed by atoms with van der Waals surface area (Å²) >= 11 is 6.51. The van der Waals surface area contributed by atoms with Crippen LogP contribution in [0.25, 0.3) is 5.57 Å². The Kier molecular flexibility index (Phi) is 12.7. The third-order valence-corrected chi connectivity index (χ3v) is 11.8. The van der Waals surface area contributed by atoms with Gasteiger partial charge in [-0.05, 0) is 68.5 Å². The van der Waals surface area contributed by atoms with Gasteiger partial charge in [0.25, 0.3) is 20.2 Å². The summed E-state index contributed by atoms with van der Waals surface area (Å²) in [6.45, 7) is 9.38. The minimum atomic E-state index is -4.05. The molecule has 3 aliphatic heterocycles. The lowest BCUT2D eigenvalue weighted by Crippen LogP contribution is -2.32. The smallest absolute Gasteiger partial charge is 0.335 e. The standard InChI is InChI=1S/C41H46ClN3O8S2/c1-40(2)34-27-32(42)28-44(22-7-9-24-54(48,49)50)38(34)43-36(40)20-12-14-29(30-16-11-17-31(26-30)39(46)47)15-13-21-37-41(3,4)33-18-5-6-19-35(33)45(37)23-8-10-25-55(51,52)53/h5-6,11-21,26-28H,7-10,22-25H2,1-4H3,(H2-,46,47,48,49,50,51,52,53)/p+1. The molecule has 292 valence electrons. The Labute approximate surface area is 328 Å². The van der Waals surface area contributed by atoms with Gasteiger partial charge < -0.3 is 10.0 Å². The van der Waals surface area contributed by atoms with Crippen LogP contribution in [0.4, 0.5) is 5.69 Å². The lowest BCUT2D eigenvalue weighted by atomic mass is 9.81. The van der Waals surface area contributed by atoms with Crippen molar-refractivity contribution in [3.8, 4) is 0 Å². The van der Waals surface area contributed by atoms with Crippen molar-refractivity contribution in [3.05, 3.63) is 130 Å². The van der Waals surface area contributed by atoms with Gasteiger partial charge in [0.15, 0.2) is 5.71 Å². The van der Waals surface area contributed by atoms with Crippen molar-refractivity contribution in [2.45, 2.75) is 58.8 Å². The quantitative estimate of drug-likeness (QED) is 0.0661. The zero-order valence-corrected chi connectivity index (χ0v) is 33.7. The highest BCUT2D eigenvalue weighted by molar-refractivity contribution is 7.86. The maximum absolute atomic E-state index is 11.9. The molecule has 3 aliphatic rings. The fourth-order valence-electron chi connectivity index (χ4n) is 7.07. The van der Waals surface area contributed by atoms with Crippen LogP contribution in [0.1, 0.15) is 74.9 Å². The molecule has 0 spiro atoms. The largest absolute Gasteiger partial charge is 0.478 e. The highest BCUT2D eigenvalue weighted by Gasteiger charge is 2.44. The summed E-state index contributed by atoms with van der Waals surface area (Å²) in [6, 6.07) is 14.8. The average Bonchev–Trinajstić information content (AvgIpc) is 3.48. The van der Waals surface area contributed by atoms with Gasteiger partial charge in [0, 0.05) is 47.9 Å². The molecule has 0 bridgehead atoms. The van der Waals surface area contributed by atoms with Crippen LogP contribution in [0.5, 0.6) is 0 Å². The molecule has 5 rings (SSSR count). The molecule has 0 amide bonds. The predicted octanol–water partition coefficient (Wildman–Crippen LogP) is 7.94. The molecule has 55 heavy (non-hydrogen) atoms. The van der Waals surface area contributed by atoms with E-state index >= 15 is 0 Å². The minimum Gasteiger partial charge on any atom is -0.478 e. The van der Waals surface area contributed by atoms with Gasteiger partial charge in [-0.2, -0.15) is 21.4 Å². The Morgan fingerprint density at radius 2 is 1.56 bits per heavy atom. The molecule has 0 unspecified atom stereocenters. The van der Waals surface area contributed by atoms with E-state index in [1.54, 1.807) is 24.4 Å². The Balaban J connectivity index is 1.48. The molecule has 14 heteroatoms. The highest BCUT2D eigenvalue weighted by atomic mass is 35.5. The third-order valence-electron chi connectivity index (χ3n) is 10.0. The zero-order chi connectivity index (χ0) is 40.2. The van der Waals surface area contributed by atoms with Gasteiger partial charge >= 0.3 is 5.97 Å². The van der Waals surface area contributed by atoms with Gasteiger partial charge in [0.05, 0.1) is 33.2 Å². The van der Waals surface area contributed by atoms with Crippen molar-refractivity contribution in [2.75, 3.05) is 24.6 Å². The lowest BCUT2D eigenvalue weighted by molar-refractivity contribution is -0.438. The molecule has 3 N–H and O–H groups in total. The summed E-state index contributed by atoms with van der Waals surface area (Å²) in [6.07, 6.45) is 16.9. The Morgan fingerprint density at radius 1 is 0.891 bits per heavy atom. The van der Waals surface area contributed by atoms with Crippen LogP contribution in [0.3, 0.4) is 0 Å². The first-order valence-corrected chi connectivity index (χ1v) is 21.6. The molecule has 0 radical (unpaired) electrons. The van der Waals surface area contributed by atoms with Crippen molar-refractivity contribution < 1.29 is 40.4 Å². The zero-order valence-electron chi connectivity index (χ0n) is 31.3. The van der Waals surface area contributed by atoms with Crippen LogP contribution in [-0.4, -0.2) is 82.6 Å². The maximum Gasteiger partial charge on any atom is 0.335 e. The molecule has 0 aromatic heterocycles. The summed E-state index contributed by atoms with van der Waals surface area (Å²) in [5.41, 5.74) is 5.58. The van der Waals surface area contributed by atoms with Gasteiger partial charge in [0.2, 0.25) is 5.69 Å². The predicted molar refractivity (Wildman–Crippen MR) is 218 cm³/mol. The molecule has 2 aromatic carbocycles. The van der Waals surface area contributed by atoms with Crippen LogP contribution in [-0.2, 0) is 25.7 Å². The normalized spacial score (nSPS) is 18.9. The fourth-order valence-corrected chi connectivity index (χ4v) is 8.43. The van der Waals surface area contributed by atoms with E-state index in [0.29, 0.717) is 48.8 Å². The summed E-state index contributed by atoms with van der Waals surface area (Å²) in [5, 5.41) is 10.3. The minimum absolute atomic E-state index is 0.150. The number of para-hydroxylation sites is 1. The van der Waals surface area contributed by atoms with Gasteiger partial charge in [-0.1, -0.05) is 80.1 Å². The molecule has 0 aliphatic carbocycles. The SMILES string of the molecule is CC1(C)C2=CC(Cl)=CN(CCCCS(=O)(=O)O)C2=N/C1=C/C=C/C(=C/C=C/C1=[N+](CCCCS(=O)(=O)O)c2ccccc2C1(C)C)c1cccc(C(=O)O)c1. The van der Waals surface area contributed by atoms with E-state index in [4.69, 9.17) is 21.1 Å². The second kappa shape index (κ2) is 16.8. The molecule has 0 saturated carbocycles. The molecular formula is C41H47ClN3O8S2+.